The summed E-state index contributed by atoms with van der Waals surface area (Å²) in [4.78, 5) is 36.5. The van der Waals surface area contributed by atoms with E-state index < -0.39 is 18.1 Å². The van der Waals surface area contributed by atoms with E-state index in [1.807, 2.05) is 33.3 Å². The van der Waals surface area contributed by atoms with E-state index >= 15 is 0 Å². The van der Waals surface area contributed by atoms with Gasteiger partial charge in [-0.05, 0) is 51.4 Å². The van der Waals surface area contributed by atoms with Gasteiger partial charge in [-0.2, -0.15) is 0 Å². The minimum atomic E-state index is -0.887. The Bertz CT molecular complexity index is 844. The first-order chi connectivity index (χ1) is 21.6. The molecule has 0 saturated heterocycles. The van der Waals surface area contributed by atoms with Crippen molar-refractivity contribution in [3.05, 3.63) is 36.5 Å². The number of carboxylic acid groups (broad SMARTS) is 1. The third-order valence-electron chi connectivity index (χ3n) is 7.54. The number of carboxylic acids is 1. The van der Waals surface area contributed by atoms with Gasteiger partial charge in [0.1, 0.15) is 6.61 Å². The summed E-state index contributed by atoms with van der Waals surface area (Å²) in [6.45, 7) is 4.47. The maximum Gasteiger partial charge on any atom is 0.362 e. The van der Waals surface area contributed by atoms with Crippen molar-refractivity contribution in [3.63, 3.8) is 0 Å². The lowest BCUT2D eigenvalue weighted by Gasteiger charge is -2.31. The van der Waals surface area contributed by atoms with Crippen LogP contribution in [-0.4, -0.2) is 80.6 Å². The molecule has 8 nitrogen and oxygen atoms in total. The van der Waals surface area contributed by atoms with Crippen molar-refractivity contribution in [3.8, 4) is 0 Å². The number of esters is 2. The Balaban J connectivity index is 4.49. The Labute approximate surface area is 274 Å². The van der Waals surface area contributed by atoms with Crippen LogP contribution in [0.5, 0.6) is 0 Å². The molecule has 0 aliphatic carbocycles. The first kappa shape index (κ1) is 42.6. The van der Waals surface area contributed by atoms with Crippen LogP contribution in [0.1, 0.15) is 129 Å². The van der Waals surface area contributed by atoms with Gasteiger partial charge in [0, 0.05) is 19.3 Å². The van der Waals surface area contributed by atoms with Crippen molar-refractivity contribution in [1.29, 1.82) is 0 Å². The lowest BCUT2D eigenvalue weighted by Crippen LogP contribution is -2.50. The predicted molar refractivity (Wildman–Crippen MR) is 183 cm³/mol. The van der Waals surface area contributed by atoms with Crippen LogP contribution < -0.4 is 0 Å². The summed E-state index contributed by atoms with van der Waals surface area (Å²) in [5.74, 6) is -1.59. The van der Waals surface area contributed by atoms with E-state index in [2.05, 4.69) is 38.2 Å². The Morgan fingerprint density at radius 1 is 0.689 bits per heavy atom. The zero-order chi connectivity index (χ0) is 33.6. The molecule has 0 aliphatic rings. The molecule has 0 fully saturated rings. The van der Waals surface area contributed by atoms with Crippen molar-refractivity contribution in [1.82, 2.24) is 0 Å². The number of allylic oxidation sites excluding steroid dienone is 6. The number of quaternary nitrogens is 1. The molecule has 0 spiro atoms. The molecule has 45 heavy (non-hydrogen) atoms. The molecule has 0 aliphatic heterocycles. The summed E-state index contributed by atoms with van der Waals surface area (Å²) in [5, 5.41) is 9.54. The summed E-state index contributed by atoms with van der Waals surface area (Å²) in [5.41, 5.74) is 0. The van der Waals surface area contributed by atoms with Gasteiger partial charge in [-0.3, -0.25) is 9.59 Å². The summed E-state index contributed by atoms with van der Waals surface area (Å²) >= 11 is 0. The predicted octanol–water partition coefficient (Wildman–Crippen LogP) is 8.35. The number of ether oxygens (including phenoxy) is 3. The highest BCUT2D eigenvalue weighted by Gasteiger charge is 2.31. The number of likely N-dealkylation sites (N-methyl/N-ethyl adjacent to an activating group) is 1. The fourth-order valence-electron chi connectivity index (χ4n) is 4.79. The molecule has 0 aromatic heterocycles. The van der Waals surface area contributed by atoms with Crippen molar-refractivity contribution >= 4 is 17.9 Å². The van der Waals surface area contributed by atoms with Gasteiger partial charge in [-0.1, -0.05) is 95.2 Å². The van der Waals surface area contributed by atoms with Crippen molar-refractivity contribution in [2.24, 2.45) is 0 Å². The molecule has 0 rings (SSSR count). The smallest absolute Gasteiger partial charge is 0.362 e. The molecular weight excluding hydrogens is 570 g/mol. The van der Waals surface area contributed by atoms with Crippen molar-refractivity contribution < 1.29 is 38.2 Å². The van der Waals surface area contributed by atoms with Crippen LogP contribution in [-0.2, 0) is 28.6 Å². The molecule has 0 amide bonds. The Morgan fingerprint density at radius 2 is 1.29 bits per heavy atom. The fraction of sp³-hybridized carbons (Fsp3) is 0.757. The highest BCUT2D eigenvalue weighted by atomic mass is 16.6. The normalized spacial score (nSPS) is 13.5. The highest BCUT2D eigenvalue weighted by Crippen LogP contribution is 2.12. The largest absolute Gasteiger partial charge is 0.477 e. The molecule has 1 N–H and O–H groups in total. The first-order valence-corrected chi connectivity index (χ1v) is 17.5. The highest BCUT2D eigenvalue weighted by molar-refractivity contribution is 5.72. The van der Waals surface area contributed by atoms with Crippen LogP contribution in [0.4, 0.5) is 0 Å². The number of rotatable bonds is 30. The maximum absolute atomic E-state index is 12.6. The number of aliphatic carboxylic acids is 1. The summed E-state index contributed by atoms with van der Waals surface area (Å²) < 4.78 is 17.0. The fourth-order valence-corrected chi connectivity index (χ4v) is 4.79. The standard InChI is InChI=1S/C37H65NO7/c1-6-8-10-12-14-15-16-17-18-19-20-22-24-26-28-36(40)45-33(31-43-30-29-34(37(41)42)38(3,4)5)32-44-35(39)27-25-23-21-13-11-9-7-2/h9,11,18-19,21,23,33-34H,6-8,10,12-17,20,22,24-32H2,1-5H3/p+1/b11-9+,19-18+,23-21+. The first-order valence-electron chi connectivity index (χ1n) is 17.5. The van der Waals surface area contributed by atoms with Crippen LogP contribution >= 0.6 is 0 Å². The molecule has 0 aromatic carbocycles. The minimum Gasteiger partial charge on any atom is -0.477 e. The molecular formula is C37H66NO7+. The third kappa shape index (κ3) is 27.6. The van der Waals surface area contributed by atoms with Gasteiger partial charge in [0.05, 0.1) is 34.4 Å². The molecule has 0 bridgehead atoms. The molecule has 2 atom stereocenters. The number of hydrogen-bond acceptors (Lipinski definition) is 6. The Morgan fingerprint density at radius 3 is 1.91 bits per heavy atom. The quantitative estimate of drug-likeness (QED) is 0.0366. The monoisotopic (exact) mass is 636 g/mol. The van der Waals surface area contributed by atoms with E-state index in [0.29, 0.717) is 19.3 Å². The lowest BCUT2D eigenvalue weighted by molar-refractivity contribution is -0.887. The van der Waals surface area contributed by atoms with Gasteiger partial charge in [0.15, 0.2) is 12.1 Å². The SMILES string of the molecule is CC/C=C/C/C=C/CCC(=O)OCC(COCCC(C(=O)O)[N+](C)(C)C)OC(=O)CCCCC/C=C/CCCCCCCCC. The van der Waals surface area contributed by atoms with E-state index in [9.17, 15) is 19.5 Å². The Hall–Kier alpha value is -2.45. The second-order valence-electron chi connectivity index (χ2n) is 12.7. The maximum atomic E-state index is 12.6. The van der Waals surface area contributed by atoms with Gasteiger partial charge in [-0.25, -0.2) is 4.79 Å². The van der Waals surface area contributed by atoms with E-state index in [4.69, 9.17) is 14.2 Å². The minimum absolute atomic E-state index is 0.0374. The molecule has 0 radical (unpaired) electrons. The van der Waals surface area contributed by atoms with Gasteiger partial charge >= 0.3 is 17.9 Å². The molecule has 260 valence electrons. The Kier molecular flexibility index (Phi) is 27.4. The van der Waals surface area contributed by atoms with Crippen LogP contribution in [0.15, 0.2) is 36.5 Å². The van der Waals surface area contributed by atoms with Gasteiger partial charge < -0.3 is 23.8 Å². The number of carbonyl (C=O) groups is 3. The van der Waals surface area contributed by atoms with Crippen LogP contribution in [0.25, 0.3) is 0 Å². The summed E-state index contributed by atoms with van der Waals surface area (Å²) in [6, 6.07) is -0.621. The average molecular weight is 637 g/mol. The van der Waals surface area contributed by atoms with E-state index in [-0.39, 0.29) is 42.7 Å². The van der Waals surface area contributed by atoms with Crippen LogP contribution in [0, 0.1) is 0 Å². The second-order valence-corrected chi connectivity index (χ2v) is 12.7. The van der Waals surface area contributed by atoms with Gasteiger partial charge in [0.25, 0.3) is 0 Å². The van der Waals surface area contributed by atoms with Crippen LogP contribution in [0.3, 0.4) is 0 Å². The molecule has 0 aromatic rings. The molecule has 8 heteroatoms. The van der Waals surface area contributed by atoms with Gasteiger partial charge in [-0.15, -0.1) is 0 Å². The average Bonchev–Trinajstić information content (AvgIpc) is 2.98. The van der Waals surface area contributed by atoms with Crippen molar-refractivity contribution in [2.45, 2.75) is 142 Å². The molecule has 2 unspecified atom stereocenters. The molecule has 0 saturated carbocycles. The third-order valence-corrected chi connectivity index (χ3v) is 7.54. The summed E-state index contributed by atoms with van der Waals surface area (Å²) in [7, 11) is 5.48. The number of hydrogen-bond donors (Lipinski definition) is 1. The van der Waals surface area contributed by atoms with E-state index in [0.717, 1.165) is 44.9 Å². The topological polar surface area (TPSA) is 99.1 Å². The molecule has 0 heterocycles. The van der Waals surface area contributed by atoms with E-state index in [1.165, 1.54) is 44.9 Å². The van der Waals surface area contributed by atoms with Crippen LogP contribution in [0.2, 0.25) is 0 Å². The number of nitrogens with zero attached hydrogens (tertiary/aromatic N) is 1. The van der Waals surface area contributed by atoms with Crippen molar-refractivity contribution in [2.75, 3.05) is 41.0 Å². The number of carbonyl (C=O) groups excluding carboxylic acids is 2. The summed E-state index contributed by atoms with van der Waals surface area (Å²) in [6.07, 6.45) is 29.4. The second kappa shape index (κ2) is 29.0. The van der Waals surface area contributed by atoms with Gasteiger partial charge in [0.2, 0.25) is 0 Å². The lowest BCUT2D eigenvalue weighted by atomic mass is 10.1. The van der Waals surface area contributed by atoms with E-state index in [1.54, 1.807) is 0 Å². The zero-order valence-electron chi connectivity index (χ0n) is 29.3. The number of unbranched alkanes of at least 4 members (excludes halogenated alkanes) is 10. The zero-order valence-corrected chi connectivity index (χ0v) is 29.3.